The summed E-state index contributed by atoms with van der Waals surface area (Å²) in [6.45, 7) is 3.34. The molecule has 1 amide bonds. The van der Waals surface area contributed by atoms with E-state index in [0.29, 0.717) is 10.8 Å². The number of aromatic nitrogens is 4. The third kappa shape index (κ3) is 3.32. The van der Waals surface area contributed by atoms with Gasteiger partial charge in [-0.25, -0.2) is 9.97 Å². The van der Waals surface area contributed by atoms with E-state index in [9.17, 15) is 4.79 Å². The van der Waals surface area contributed by atoms with Gasteiger partial charge in [0.1, 0.15) is 23.3 Å². The van der Waals surface area contributed by atoms with Gasteiger partial charge < -0.3 is 19.5 Å². The second kappa shape index (κ2) is 7.52. The Morgan fingerprint density at radius 3 is 2.93 bits per heavy atom. The summed E-state index contributed by atoms with van der Waals surface area (Å²) >= 11 is 1.45. The highest BCUT2D eigenvalue weighted by atomic mass is 32.1. The monoisotopic (exact) mass is 424 g/mol. The first-order valence-corrected chi connectivity index (χ1v) is 10.5. The molecular formula is C20H20N6O3S. The number of carbonyl (C=O) groups excluding carboxylic acids is 1. The highest BCUT2D eigenvalue weighted by molar-refractivity contribution is 7.22. The zero-order valence-electron chi connectivity index (χ0n) is 16.6. The second-order valence-corrected chi connectivity index (χ2v) is 8.28. The van der Waals surface area contributed by atoms with Crippen molar-refractivity contribution >= 4 is 49.5 Å². The Bertz CT molecular complexity index is 1230. The molecule has 0 aliphatic carbocycles. The van der Waals surface area contributed by atoms with Crippen molar-refractivity contribution in [2.24, 2.45) is 5.92 Å². The number of nitrogens with zero attached hydrogens (tertiary/aromatic N) is 5. The summed E-state index contributed by atoms with van der Waals surface area (Å²) in [6.07, 6.45) is 2.96. The van der Waals surface area contributed by atoms with E-state index in [1.54, 1.807) is 7.11 Å². The van der Waals surface area contributed by atoms with Crippen LogP contribution in [0.3, 0.4) is 0 Å². The van der Waals surface area contributed by atoms with Gasteiger partial charge >= 0.3 is 0 Å². The predicted octanol–water partition coefficient (Wildman–Crippen LogP) is 3.40. The Balaban J connectivity index is 1.26. The predicted molar refractivity (Wildman–Crippen MR) is 114 cm³/mol. The molecule has 0 saturated carbocycles. The van der Waals surface area contributed by atoms with Crippen molar-refractivity contribution in [2.45, 2.75) is 19.8 Å². The fourth-order valence-corrected chi connectivity index (χ4v) is 4.69. The molecule has 10 heteroatoms. The molecule has 1 N–H and O–H groups in total. The van der Waals surface area contributed by atoms with Crippen LogP contribution in [0.5, 0.6) is 5.75 Å². The van der Waals surface area contributed by atoms with Gasteiger partial charge in [-0.2, -0.15) is 4.98 Å². The van der Waals surface area contributed by atoms with E-state index in [2.05, 4.69) is 30.3 Å². The van der Waals surface area contributed by atoms with E-state index >= 15 is 0 Å². The number of nitrogens with one attached hydrogen (secondary N) is 1. The fraction of sp³-hybridized carbons (Fsp3) is 0.350. The fourth-order valence-electron chi connectivity index (χ4n) is 3.79. The van der Waals surface area contributed by atoms with Gasteiger partial charge in [0.05, 0.1) is 23.0 Å². The number of amides is 1. The van der Waals surface area contributed by atoms with Crippen LogP contribution < -0.4 is 15.0 Å². The molecule has 9 nitrogen and oxygen atoms in total. The minimum atomic E-state index is -0.0660. The summed E-state index contributed by atoms with van der Waals surface area (Å²) < 4.78 is 11.5. The maximum atomic E-state index is 12.8. The number of methoxy groups -OCH3 is 1. The molecule has 0 unspecified atom stereocenters. The van der Waals surface area contributed by atoms with Gasteiger partial charge in [0.25, 0.3) is 5.71 Å². The molecule has 0 radical (unpaired) electrons. The van der Waals surface area contributed by atoms with E-state index in [4.69, 9.17) is 9.26 Å². The van der Waals surface area contributed by atoms with Crippen LogP contribution in [-0.4, -0.2) is 46.2 Å². The van der Waals surface area contributed by atoms with Crippen molar-refractivity contribution in [2.75, 3.05) is 30.4 Å². The number of benzene rings is 1. The topological polar surface area (TPSA) is 106 Å². The quantitative estimate of drug-likeness (QED) is 0.531. The molecule has 30 heavy (non-hydrogen) atoms. The largest absolute Gasteiger partial charge is 0.497 e. The van der Waals surface area contributed by atoms with Crippen LogP contribution in [-0.2, 0) is 4.79 Å². The maximum Gasteiger partial charge on any atom is 0.263 e. The number of ether oxygens (including phenoxy) is 1. The summed E-state index contributed by atoms with van der Waals surface area (Å²) in [5.74, 6) is 1.54. The number of thiazole rings is 1. The van der Waals surface area contributed by atoms with Gasteiger partial charge in [-0.15, -0.1) is 0 Å². The van der Waals surface area contributed by atoms with Gasteiger partial charge in [-0.3, -0.25) is 4.79 Å². The first kappa shape index (κ1) is 18.7. The smallest absolute Gasteiger partial charge is 0.263 e. The Morgan fingerprint density at radius 2 is 2.13 bits per heavy atom. The van der Waals surface area contributed by atoms with Crippen LogP contribution in [0.4, 0.5) is 10.9 Å². The average molecular weight is 424 g/mol. The number of fused-ring (bicyclic) bond motifs is 2. The molecule has 5 rings (SSSR count). The molecule has 0 atom stereocenters. The third-order valence-corrected chi connectivity index (χ3v) is 6.35. The van der Waals surface area contributed by atoms with Crippen LogP contribution in [0.15, 0.2) is 29.0 Å². The summed E-state index contributed by atoms with van der Waals surface area (Å²) in [5, 5.41) is 8.43. The molecule has 0 spiro atoms. The first-order chi connectivity index (χ1) is 14.6. The molecule has 154 valence electrons. The number of carbonyl (C=O) groups is 1. The van der Waals surface area contributed by atoms with Crippen molar-refractivity contribution in [3.8, 4) is 5.75 Å². The number of piperidine rings is 1. The molecule has 4 aromatic rings. The van der Waals surface area contributed by atoms with E-state index < -0.39 is 0 Å². The lowest BCUT2D eigenvalue weighted by molar-refractivity contribution is -0.120. The summed E-state index contributed by atoms with van der Waals surface area (Å²) in [4.78, 5) is 28.0. The van der Waals surface area contributed by atoms with Gasteiger partial charge in [0.15, 0.2) is 5.13 Å². The zero-order chi connectivity index (χ0) is 20.7. The molecular weight excluding hydrogens is 404 g/mol. The first-order valence-electron chi connectivity index (χ1n) is 9.70. The number of hydrogen-bond donors (Lipinski definition) is 1. The van der Waals surface area contributed by atoms with Crippen molar-refractivity contribution in [1.82, 2.24) is 20.1 Å². The van der Waals surface area contributed by atoms with Crippen molar-refractivity contribution in [1.29, 1.82) is 0 Å². The number of anilines is 2. The van der Waals surface area contributed by atoms with E-state index in [1.165, 1.54) is 17.7 Å². The minimum absolute atomic E-state index is 0.00895. The normalized spacial score (nSPS) is 15.1. The molecule has 1 fully saturated rings. The molecule has 1 aromatic carbocycles. The lowest BCUT2D eigenvalue weighted by atomic mass is 9.96. The van der Waals surface area contributed by atoms with Crippen LogP contribution in [0.1, 0.15) is 18.5 Å². The average Bonchev–Trinajstić information content (AvgIpc) is 3.36. The highest BCUT2D eigenvalue weighted by Gasteiger charge is 2.28. The van der Waals surface area contributed by atoms with Crippen molar-refractivity contribution < 1.29 is 14.1 Å². The number of rotatable bonds is 4. The number of hydrogen-bond acceptors (Lipinski definition) is 9. The maximum absolute atomic E-state index is 12.8. The lowest BCUT2D eigenvalue weighted by Crippen LogP contribution is -2.38. The summed E-state index contributed by atoms with van der Waals surface area (Å²) in [6, 6.07) is 5.69. The van der Waals surface area contributed by atoms with Crippen LogP contribution in [0, 0.1) is 12.8 Å². The Kier molecular flexibility index (Phi) is 4.70. The van der Waals surface area contributed by atoms with Gasteiger partial charge in [-0.05, 0) is 38.0 Å². The molecule has 1 aliphatic rings. The van der Waals surface area contributed by atoms with E-state index in [1.807, 2.05) is 25.1 Å². The standard InChI is InChI=1S/C20H20N6O3S/c1-11-16-17(21-10-22-19(16)29-25-11)26-7-5-12(6-8-26)18(27)24-20-23-14-4-3-13(28-2)9-15(14)30-20/h3-4,9-10,12H,5-8H2,1-2H3,(H,23,24,27). The van der Waals surface area contributed by atoms with Crippen molar-refractivity contribution in [3.05, 3.63) is 30.2 Å². The highest BCUT2D eigenvalue weighted by Crippen LogP contribution is 2.32. The summed E-state index contributed by atoms with van der Waals surface area (Å²) in [5.41, 5.74) is 2.11. The Hall–Kier alpha value is -3.27. The van der Waals surface area contributed by atoms with Gasteiger partial charge in [0, 0.05) is 19.0 Å². The van der Waals surface area contributed by atoms with Crippen LogP contribution >= 0.6 is 11.3 Å². The molecule has 3 aromatic heterocycles. The minimum Gasteiger partial charge on any atom is -0.497 e. The summed E-state index contributed by atoms with van der Waals surface area (Å²) in [7, 11) is 1.63. The molecule has 1 aliphatic heterocycles. The Labute approximate surface area is 176 Å². The van der Waals surface area contributed by atoms with Gasteiger partial charge in [0.2, 0.25) is 5.91 Å². The number of aryl methyl sites for hydroxylation is 1. The van der Waals surface area contributed by atoms with E-state index in [-0.39, 0.29) is 11.8 Å². The van der Waals surface area contributed by atoms with Gasteiger partial charge in [-0.1, -0.05) is 16.5 Å². The second-order valence-electron chi connectivity index (χ2n) is 7.25. The molecule has 0 bridgehead atoms. The molecule has 4 heterocycles. The van der Waals surface area contributed by atoms with Crippen LogP contribution in [0.2, 0.25) is 0 Å². The molecule has 1 saturated heterocycles. The zero-order valence-corrected chi connectivity index (χ0v) is 17.4. The van der Waals surface area contributed by atoms with Crippen molar-refractivity contribution in [3.63, 3.8) is 0 Å². The third-order valence-electron chi connectivity index (χ3n) is 5.41. The van der Waals surface area contributed by atoms with E-state index in [0.717, 1.165) is 58.8 Å². The Morgan fingerprint density at radius 1 is 1.30 bits per heavy atom. The lowest BCUT2D eigenvalue weighted by Gasteiger charge is -2.32. The SMILES string of the molecule is COc1ccc2nc(NC(=O)C3CCN(c4ncnc5onc(C)c45)CC3)sc2c1. The van der Waals surface area contributed by atoms with Crippen LogP contribution in [0.25, 0.3) is 21.3 Å².